The largest absolute Gasteiger partial charge is 0.311 e. The van der Waals surface area contributed by atoms with E-state index in [1.165, 1.54) is 18.5 Å². The number of hydrogen-bond donors (Lipinski definition) is 1. The summed E-state index contributed by atoms with van der Waals surface area (Å²) in [5.41, 5.74) is 1.19. The van der Waals surface area contributed by atoms with E-state index in [0.29, 0.717) is 0 Å². The standard InChI is InChI=1S/C11H17N3/c1-2-14-11(7-9-13-14)4-3-8-12-10-5-6-10/h3-4,7,9-10,12H,2,5-6,8H2,1H3/b4-3+. The van der Waals surface area contributed by atoms with Gasteiger partial charge in [0.15, 0.2) is 0 Å². The average Bonchev–Trinajstić information content (AvgIpc) is 2.91. The van der Waals surface area contributed by atoms with Gasteiger partial charge in [-0.15, -0.1) is 0 Å². The zero-order valence-corrected chi connectivity index (χ0v) is 8.61. The van der Waals surface area contributed by atoms with Crippen molar-refractivity contribution in [3.63, 3.8) is 0 Å². The van der Waals surface area contributed by atoms with Crippen molar-refractivity contribution in [1.29, 1.82) is 0 Å². The van der Waals surface area contributed by atoms with E-state index in [2.05, 4.69) is 29.5 Å². The first-order valence-corrected chi connectivity index (χ1v) is 5.32. The highest BCUT2D eigenvalue weighted by Crippen LogP contribution is 2.18. The van der Waals surface area contributed by atoms with Gasteiger partial charge in [0, 0.05) is 25.3 Å². The highest BCUT2D eigenvalue weighted by Gasteiger charge is 2.18. The van der Waals surface area contributed by atoms with Crippen LogP contribution in [0.15, 0.2) is 18.3 Å². The minimum atomic E-state index is 0.788. The molecule has 0 aliphatic heterocycles. The van der Waals surface area contributed by atoms with Crippen molar-refractivity contribution in [2.75, 3.05) is 6.54 Å². The van der Waals surface area contributed by atoms with Crippen LogP contribution >= 0.6 is 0 Å². The second-order valence-corrected chi connectivity index (χ2v) is 3.66. The molecule has 0 spiro atoms. The van der Waals surface area contributed by atoms with E-state index in [1.54, 1.807) is 0 Å². The number of nitrogens with one attached hydrogen (secondary N) is 1. The summed E-state index contributed by atoms with van der Waals surface area (Å²) in [4.78, 5) is 0. The lowest BCUT2D eigenvalue weighted by atomic mass is 10.3. The van der Waals surface area contributed by atoms with Crippen LogP contribution in [-0.4, -0.2) is 22.4 Å². The van der Waals surface area contributed by atoms with Crippen molar-refractivity contribution in [2.24, 2.45) is 0 Å². The van der Waals surface area contributed by atoms with E-state index in [4.69, 9.17) is 0 Å². The molecule has 1 heterocycles. The summed E-state index contributed by atoms with van der Waals surface area (Å²) in [5, 5.41) is 7.65. The van der Waals surface area contributed by atoms with Crippen molar-refractivity contribution < 1.29 is 0 Å². The van der Waals surface area contributed by atoms with Gasteiger partial charge in [0.2, 0.25) is 0 Å². The second kappa shape index (κ2) is 4.42. The molecule has 14 heavy (non-hydrogen) atoms. The van der Waals surface area contributed by atoms with Crippen LogP contribution in [0.2, 0.25) is 0 Å². The number of rotatable bonds is 5. The maximum absolute atomic E-state index is 4.21. The third-order valence-electron chi connectivity index (χ3n) is 2.44. The molecule has 0 atom stereocenters. The first kappa shape index (κ1) is 9.46. The minimum Gasteiger partial charge on any atom is -0.311 e. The van der Waals surface area contributed by atoms with Gasteiger partial charge in [-0.3, -0.25) is 4.68 Å². The number of aromatic nitrogens is 2. The van der Waals surface area contributed by atoms with Crippen molar-refractivity contribution in [3.8, 4) is 0 Å². The van der Waals surface area contributed by atoms with Crippen LogP contribution in [0, 0.1) is 0 Å². The molecule has 76 valence electrons. The van der Waals surface area contributed by atoms with E-state index < -0.39 is 0 Å². The summed E-state index contributed by atoms with van der Waals surface area (Å²) in [5.74, 6) is 0. The Bertz CT molecular complexity index is 310. The predicted molar refractivity (Wildman–Crippen MR) is 58.0 cm³/mol. The van der Waals surface area contributed by atoms with Crippen LogP contribution in [-0.2, 0) is 6.54 Å². The molecular formula is C11H17N3. The Balaban J connectivity index is 1.82. The molecule has 0 amide bonds. The maximum Gasteiger partial charge on any atom is 0.0607 e. The Morgan fingerprint density at radius 3 is 3.21 bits per heavy atom. The average molecular weight is 191 g/mol. The van der Waals surface area contributed by atoms with Gasteiger partial charge in [0.1, 0.15) is 0 Å². The summed E-state index contributed by atoms with van der Waals surface area (Å²) >= 11 is 0. The maximum atomic E-state index is 4.21. The SMILES string of the molecule is CCn1nccc1/C=C/CNC1CC1. The van der Waals surface area contributed by atoms with E-state index in [-0.39, 0.29) is 0 Å². The molecule has 1 aliphatic carbocycles. The van der Waals surface area contributed by atoms with Crippen molar-refractivity contribution in [3.05, 3.63) is 24.0 Å². The van der Waals surface area contributed by atoms with Crippen molar-refractivity contribution in [1.82, 2.24) is 15.1 Å². The van der Waals surface area contributed by atoms with Gasteiger partial charge in [-0.25, -0.2) is 0 Å². The van der Waals surface area contributed by atoms with E-state index in [1.807, 2.05) is 16.9 Å². The first-order chi connectivity index (χ1) is 6.90. The lowest BCUT2D eigenvalue weighted by Crippen LogP contribution is -2.15. The molecule has 1 saturated carbocycles. The fourth-order valence-corrected chi connectivity index (χ4v) is 1.45. The predicted octanol–water partition coefficient (Wildman–Crippen LogP) is 1.67. The third kappa shape index (κ3) is 2.45. The lowest BCUT2D eigenvalue weighted by Gasteiger charge is -1.99. The summed E-state index contributed by atoms with van der Waals surface area (Å²) < 4.78 is 1.99. The van der Waals surface area contributed by atoms with Crippen LogP contribution in [0.4, 0.5) is 0 Å². The fraction of sp³-hybridized carbons (Fsp3) is 0.545. The van der Waals surface area contributed by atoms with Crippen LogP contribution in [0.3, 0.4) is 0 Å². The minimum absolute atomic E-state index is 0.788. The molecule has 1 N–H and O–H groups in total. The molecule has 0 bridgehead atoms. The summed E-state index contributed by atoms with van der Waals surface area (Å²) in [7, 11) is 0. The normalized spacial score (nSPS) is 16.6. The van der Waals surface area contributed by atoms with Gasteiger partial charge in [0.05, 0.1) is 5.69 Å². The summed E-state index contributed by atoms with van der Waals surface area (Å²) in [6, 6.07) is 2.83. The van der Waals surface area contributed by atoms with Crippen LogP contribution in [0.25, 0.3) is 6.08 Å². The molecule has 2 rings (SSSR count). The second-order valence-electron chi connectivity index (χ2n) is 3.66. The molecule has 1 aliphatic rings. The van der Waals surface area contributed by atoms with E-state index >= 15 is 0 Å². The molecule has 0 radical (unpaired) electrons. The molecule has 1 fully saturated rings. The van der Waals surface area contributed by atoms with Crippen LogP contribution in [0.5, 0.6) is 0 Å². The first-order valence-electron chi connectivity index (χ1n) is 5.32. The molecule has 0 aromatic carbocycles. The van der Waals surface area contributed by atoms with Gasteiger partial charge in [0.25, 0.3) is 0 Å². The highest BCUT2D eigenvalue weighted by atomic mass is 15.3. The Hall–Kier alpha value is -1.09. The molecule has 0 unspecified atom stereocenters. The van der Waals surface area contributed by atoms with E-state index in [0.717, 1.165) is 19.1 Å². The third-order valence-corrected chi connectivity index (χ3v) is 2.44. The highest BCUT2D eigenvalue weighted by molar-refractivity contribution is 5.44. The summed E-state index contributed by atoms with van der Waals surface area (Å²) in [6.45, 7) is 4.01. The van der Waals surface area contributed by atoms with Gasteiger partial charge >= 0.3 is 0 Å². The van der Waals surface area contributed by atoms with Crippen molar-refractivity contribution in [2.45, 2.75) is 32.4 Å². The molecule has 3 nitrogen and oxygen atoms in total. The number of aryl methyl sites for hydroxylation is 1. The molecule has 1 aromatic rings. The van der Waals surface area contributed by atoms with Crippen LogP contribution < -0.4 is 5.32 Å². The molecular weight excluding hydrogens is 174 g/mol. The summed E-state index contributed by atoms with van der Waals surface area (Å²) in [6.07, 6.45) is 8.84. The lowest BCUT2D eigenvalue weighted by molar-refractivity contribution is 0.653. The Kier molecular flexibility index (Phi) is 2.99. The molecule has 1 aromatic heterocycles. The number of nitrogens with zero attached hydrogens (tertiary/aromatic N) is 2. The Morgan fingerprint density at radius 1 is 1.64 bits per heavy atom. The van der Waals surface area contributed by atoms with Gasteiger partial charge < -0.3 is 5.32 Å². The molecule has 3 heteroatoms. The molecule has 0 saturated heterocycles. The smallest absolute Gasteiger partial charge is 0.0607 e. The quantitative estimate of drug-likeness (QED) is 0.767. The zero-order valence-electron chi connectivity index (χ0n) is 8.61. The monoisotopic (exact) mass is 191 g/mol. The fourth-order valence-electron chi connectivity index (χ4n) is 1.45. The Morgan fingerprint density at radius 2 is 2.50 bits per heavy atom. The zero-order chi connectivity index (χ0) is 9.80. The van der Waals surface area contributed by atoms with Gasteiger partial charge in [-0.05, 0) is 31.9 Å². The topological polar surface area (TPSA) is 29.9 Å². The Labute approximate surface area is 84.8 Å². The van der Waals surface area contributed by atoms with E-state index in [9.17, 15) is 0 Å². The van der Waals surface area contributed by atoms with Crippen molar-refractivity contribution >= 4 is 6.08 Å². The number of hydrogen-bond acceptors (Lipinski definition) is 2. The van der Waals surface area contributed by atoms with Gasteiger partial charge in [-0.1, -0.05) is 6.08 Å². The van der Waals surface area contributed by atoms with Crippen LogP contribution in [0.1, 0.15) is 25.5 Å². The van der Waals surface area contributed by atoms with Gasteiger partial charge in [-0.2, -0.15) is 5.10 Å².